The van der Waals surface area contributed by atoms with E-state index in [1.165, 1.54) is 37.4 Å². The van der Waals surface area contributed by atoms with E-state index in [-0.39, 0.29) is 0 Å². The fourth-order valence-electron chi connectivity index (χ4n) is 4.15. The number of hydrogen-bond donors (Lipinski definition) is 1. The van der Waals surface area contributed by atoms with Gasteiger partial charge < -0.3 is 5.32 Å². The minimum absolute atomic E-state index is 0.750. The largest absolute Gasteiger partial charge is 0.316 e. The van der Waals surface area contributed by atoms with Crippen LogP contribution in [-0.2, 0) is 19.5 Å². The first-order valence-electron chi connectivity index (χ1n) is 8.27. The smallest absolute Gasteiger partial charge is 0.0625 e. The number of nitrogens with zero attached hydrogens (tertiary/aromatic N) is 3. The van der Waals surface area contributed by atoms with Crippen molar-refractivity contribution in [3.05, 3.63) is 17.5 Å². The Morgan fingerprint density at radius 3 is 2.85 bits per heavy atom. The van der Waals surface area contributed by atoms with Crippen molar-refractivity contribution in [1.82, 2.24) is 20.0 Å². The molecule has 0 saturated carbocycles. The van der Waals surface area contributed by atoms with Gasteiger partial charge in [-0.25, -0.2) is 0 Å². The molecular weight excluding hydrogens is 248 g/mol. The van der Waals surface area contributed by atoms with E-state index < -0.39 is 0 Å². The number of aryl methyl sites for hydroxylation is 2. The molecule has 2 aliphatic heterocycles. The second kappa shape index (κ2) is 5.86. The molecule has 0 amide bonds. The maximum atomic E-state index is 4.69. The number of likely N-dealkylation sites (tertiary alicyclic amines) is 1. The SMILES string of the molecule is CCc1cc(CN2CC3CNCC3C2CC)n(CC)n1. The molecule has 4 heteroatoms. The third kappa shape index (κ3) is 2.40. The number of rotatable bonds is 5. The number of aromatic nitrogens is 2. The van der Waals surface area contributed by atoms with Crippen LogP contribution >= 0.6 is 0 Å². The Kier molecular flexibility index (Phi) is 4.13. The molecule has 1 aromatic heterocycles. The quantitative estimate of drug-likeness (QED) is 0.891. The van der Waals surface area contributed by atoms with Crippen LogP contribution < -0.4 is 5.32 Å². The third-order valence-corrected chi connectivity index (χ3v) is 5.18. The molecule has 2 saturated heterocycles. The van der Waals surface area contributed by atoms with Crippen molar-refractivity contribution < 1.29 is 0 Å². The van der Waals surface area contributed by atoms with E-state index >= 15 is 0 Å². The normalized spacial score (nSPS) is 30.1. The van der Waals surface area contributed by atoms with Gasteiger partial charge in [0.05, 0.1) is 11.4 Å². The van der Waals surface area contributed by atoms with Crippen molar-refractivity contribution in [1.29, 1.82) is 0 Å². The van der Waals surface area contributed by atoms with Crippen LogP contribution in [0, 0.1) is 11.8 Å². The predicted octanol–water partition coefficient (Wildman–Crippen LogP) is 1.90. The first-order valence-corrected chi connectivity index (χ1v) is 8.27. The second-order valence-corrected chi connectivity index (χ2v) is 6.28. The van der Waals surface area contributed by atoms with Gasteiger partial charge in [-0.3, -0.25) is 9.58 Å². The molecule has 0 aliphatic carbocycles. The van der Waals surface area contributed by atoms with Crippen molar-refractivity contribution in [3.63, 3.8) is 0 Å². The first-order chi connectivity index (χ1) is 9.76. The summed E-state index contributed by atoms with van der Waals surface area (Å²) in [6, 6.07) is 3.06. The molecule has 0 aromatic carbocycles. The molecule has 0 bridgehead atoms. The van der Waals surface area contributed by atoms with Crippen molar-refractivity contribution in [3.8, 4) is 0 Å². The molecule has 1 N–H and O–H groups in total. The summed E-state index contributed by atoms with van der Waals surface area (Å²) < 4.78 is 2.19. The van der Waals surface area contributed by atoms with Crippen LogP contribution in [0.15, 0.2) is 6.07 Å². The predicted molar refractivity (Wildman–Crippen MR) is 81.6 cm³/mol. The van der Waals surface area contributed by atoms with Crippen molar-refractivity contribution in [2.75, 3.05) is 19.6 Å². The zero-order chi connectivity index (χ0) is 14.1. The topological polar surface area (TPSA) is 33.1 Å². The van der Waals surface area contributed by atoms with Gasteiger partial charge in [0.15, 0.2) is 0 Å². The van der Waals surface area contributed by atoms with Crippen LogP contribution in [0.2, 0.25) is 0 Å². The Hall–Kier alpha value is -0.870. The first kappa shape index (κ1) is 14.1. The van der Waals surface area contributed by atoms with Gasteiger partial charge in [-0.05, 0) is 50.8 Å². The minimum Gasteiger partial charge on any atom is -0.316 e. The van der Waals surface area contributed by atoms with E-state index in [1.54, 1.807) is 0 Å². The molecule has 3 atom stereocenters. The highest BCUT2D eigenvalue weighted by atomic mass is 15.3. The molecule has 3 unspecified atom stereocenters. The Morgan fingerprint density at radius 1 is 1.30 bits per heavy atom. The van der Waals surface area contributed by atoms with Gasteiger partial charge in [-0.15, -0.1) is 0 Å². The lowest BCUT2D eigenvalue weighted by Crippen LogP contribution is -2.35. The standard InChI is InChI=1S/C16H28N4/c1-4-13-7-14(20(6-3)18-13)11-19-10-12-8-17-9-15(12)16(19)5-2/h7,12,15-17H,4-6,8-11H2,1-3H3. The average molecular weight is 276 g/mol. The second-order valence-electron chi connectivity index (χ2n) is 6.28. The van der Waals surface area contributed by atoms with E-state index in [0.29, 0.717) is 0 Å². The maximum Gasteiger partial charge on any atom is 0.0625 e. The molecule has 0 radical (unpaired) electrons. The molecule has 4 nitrogen and oxygen atoms in total. The van der Waals surface area contributed by atoms with Crippen LogP contribution in [-0.4, -0.2) is 40.4 Å². The summed E-state index contributed by atoms with van der Waals surface area (Å²) in [7, 11) is 0. The van der Waals surface area contributed by atoms with Gasteiger partial charge in [-0.2, -0.15) is 5.10 Å². The van der Waals surface area contributed by atoms with Gasteiger partial charge in [0, 0.05) is 25.7 Å². The highest BCUT2D eigenvalue weighted by molar-refractivity contribution is 5.12. The summed E-state index contributed by atoms with van der Waals surface area (Å²) >= 11 is 0. The molecule has 112 valence electrons. The third-order valence-electron chi connectivity index (χ3n) is 5.18. The number of hydrogen-bond acceptors (Lipinski definition) is 3. The molecule has 1 aromatic rings. The molecule has 2 fully saturated rings. The Bertz CT molecular complexity index is 453. The molecule has 3 heterocycles. The van der Waals surface area contributed by atoms with Crippen LogP contribution in [0.3, 0.4) is 0 Å². The van der Waals surface area contributed by atoms with Crippen LogP contribution in [0.25, 0.3) is 0 Å². The lowest BCUT2D eigenvalue weighted by molar-refractivity contribution is 0.205. The molecule has 3 rings (SSSR count). The summed E-state index contributed by atoms with van der Waals surface area (Å²) in [6.45, 7) is 12.5. The Balaban J connectivity index is 1.75. The van der Waals surface area contributed by atoms with Crippen molar-refractivity contribution in [2.45, 2.75) is 52.7 Å². The van der Waals surface area contributed by atoms with Gasteiger partial charge in [0.2, 0.25) is 0 Å². The fraction of sp³-hybridized carbons (Fsp3) is 0.812. The van der Waals surface area contributed by atoms with Crippen molar-refractivity contribution in [2.24, 2.45) is 11.8 Å². The molecule has 0 spiro atoms. The van der Waals surface area contributed by atoms with E-state index in [9.17, 15) is 0 Å². The van der Waals surface area contributed by atoms with E-state index in [1.807, 2.05) is 0 Å². The van der Waals surface area contributed by atoms with Gasteiger partial charge in [0.1, 0.15) is 0 Å². The highest BCUT2D eigenvalue weighted by Gasteiger charge is 2.43. The van der Waals surface area contributed by atoms with E-state index in [0.717, 1.165) is 37.4 Å². The van der Waals surface area contributed by atoms with Crippen molar-refractivity contribution >= 4 is 0 Å². The summed E-state index contributed by atoms with van der Waals surface area (Å²) in [5.41, 5.74) is 2.63. The maximum absolute atomic E-state index is 4.69. The zero-order valence-corrected chi connectivity index (χ0v) is 13.1. The lowest BCUT2D eigenvalue weighted by Gasteiger charge is -2.26. The van der Waals surface area contributed by atoms with Crippen LogP contribution in [0.1, 0.15) is 38.6 Å². The monoisotopic (exact) mass is 276 g/mol. The zero-order valence-electron chi connectivity index (χ0n) is 13.1. The number of nitrogens with one attached hydrogen (secondary N) is 1. The molecule has 20 heavy (non-hydrogen) atoms. The highest BCUT2D eigenvalue weighted by Crippen LogP contribution is 2.35. The fourth-order valence-corrected chi connectivity index (χ4v) is 4.15. The molecular formula is C16H28N4. The van der Waals surface area contributed by atoms with Gasteiger partial charge in [0.25, 0.3) is 0 Å². The number of fused-ring (bicyclic) bond motifs is 1. The minimum atomic E-state index is 0.750. The van der Waals surface area contributed by atoms with Crippen LogP contribution in [0.5, 0.6) is 0 Å². The Labute approximate surface area is 122 Å². The summed E-state index contributed by atoms with van der Waals surface area (Å²) in [4.78, 5) is 2.71. The van der Waals surface area contributed by atoms with Gasteiger partial charge >= 0.3 is 0 Å². The summed E-state index contributed by atoms with van der Waals surface area (Å²) in [5, 5.41) is 8.25. The average Bonchev–Trinajstić information content (AvgIpc) is 3.12. The van der Waals surface area contributed by atoms with E-state index in [2.05, 4.69) is 46.8 Å². The molecule has 2 aliphatic rings. The summed E-state index contributed by atoms with van der Waals surface area (Å²) in [5.74, 6) is 1.73. The van der Waals surface area contributed by atoms with E-state index in [4.69, 9.17) is 0 Å². The lowest BCUT2D eigenvalue weighted by atomic mass is 9.93. The van der Waals surface area contributed by atoms with Crippen LogP contribution in [0.4, 0.5) is 0 Å². The van der Waals surface area contributed by atoms with Gasteiger partial charge in [-0.1, -0.05) is 13.8 Å². The Morgan fingerprint density at radius 2 is 2.15 bits per heavy atom. The summed E-state index contributed by atoms with van der Waals surface area (Å²) in [6.07, 6.45) is 2.30.